The van der Waals surface area contributed by atoms with Crippen molar-refractivity contribution in [1.82, 2.24) is 15.5 Å². The number of nitrogens with one attached hydrogen (secondary N) is 2. The average molecular weight is 485 g/mol. The van der Waals surface area contributed by atoms with Gasteiger partial charge in [-0.1, -0.05) is 31.5 Å². The second-order valence-electron chi connectivity index (χ2n) is 7.83. The van der Waals surface area contributed by atoms with Crippen LogP contribution in [0.25, 0.3) is 0 Å². The number of aliphatic imine (C=N–C) groups is 1. The Hall–Kier alpha value is -1.02. The first-order chi connectivity index (χ1) is 12.7. The smallest absolute Gasteiger partial charge is 0.191 e. The first-order valence-electron chi connectivity index (χ1n) is 10.2. The Morgan fingerprint density at radius 2 is 1.89 bits per heavy atom. The van der Waals surface area contributed by atoms with E-state index in [1.165, 1.54) is 44.6 Å². The van der Waals surface area contributed by atoms with E-state index in [9.17, 15) is 0 Å². The fraction of sp³-hybridized carbons (Fsp3) is 0.667. The van der Waals surface area contributed by atoms with Crippen molar-refractivity contribution in [1.29, 1.82) is 0 Å². The van der Waals surface area contributed by atoms with E-state index >= 15 is 0 Å². The molecule has 2 atom stereocenters. The quantitative estimate of drug-likeness (QED) is 0.369. The van der Waals surface area contributed by atoms with E-state index in [4.69, 9.17) is 0 Å². The Kier molecular flexibility index (Phi) is 9.68. The van der Waals surface area contributed by atoms with Crippen molar-refractivity contribution < 1.29 is 0 Å². The maximum absolute atomic E-state index is 4.43. The predicted octanol–water partition coefficient (Wildman–Crippen LogP) is 3.17. The van der Waals surface area contributed by atoms with E-state index in [1.807, 2.05) is 7.05 Å². The van der Waals surface area contributed by atoms with E-state index in [-0.39, 0.29) is 24.0 Å². The number of halogens is 1. The monoisotopic (exact) mass is 485 g/mol. The molecule has 5 nitrogen and oxygen atoms in total. The van der Waals surface area contributed by atoms with Crippen LogP contribution in [0.15, 0.2) is 35.3 Å². The summed E-state index contributed by atoms with van der Waals surface area (Å²) in [4.78, 5) is 9.49. The van der Waals surface area contributed by atoms with Crippen LogP contribution >= 0.6 is 24.0 Å². The lowest BCUT2D eigenvalue weighted by molar-refractivity contribution is 0.201. The molecule has 27 heavy (non-hydrogen) atoms. The summed E-state index contributed by atoms with van der Waals surface area (Å²) in [6.07, 6.45) is 5.28. The number of hydrogen-bond donors (Lipinski definition) is 2. The molecule has 2 fully saturated rings. The van der Waals surface area contributed by atoms with Crippen LogP contribution in [-0.4, -0.2) is 63.2 Å². The highest BCUT2D eigenvalue weighted by atomic mass is 127. The Bertz CT molecular complexity index is 559. The van der Waals surface area contributed by atoms with Crippen LogP contribution < -0.4 is 15.5 Å². The van der Waals surface area contributed by atoms with Crippen LogP contribution in [0.1, 0.15) is 32.6 Å². The average Bonchev–Trinajstić information content (AvgIpc) is 3.15. The summed E-state index contributed by atoms with van der Waals surface area (Å²) in [5.41, 5.74) is 1.31. The molecule has 152 valence electrons. The number of nitrogens with zero attached hydrogens (tertiary/aromatic N) is 3. The van der Waals surface area contributed by atoms with Gasteiger partial charge in [0.15, 0.2) is 5.96 Å². The van der Waals surface area contributed by atoms with Crippen LogP contribution in [0.5, 0.6) is 0 Å². The summed E-state index contributed by atoms with van der Waals surface area (Å²) >= 11 is 0. The topological polar surface area (TPSA) is 42.9 Å². The number of anilines is 1. The van der Waals surface area contributed by atoms with Crippen LogP contribution in [0.2, 0.25) is 0 Å². The zero-order chi connectivity index (χ0) is 18.2. The van der Waals surface area contributed by atoms with Gasteiger partial charge in [-0.25, -0.2) is 0 Å². The van der Waals surface area contributed by atoms with Gasteiger partial charge >= 0.3 is 0 Å². The lowest BCUT2D eigenvalue weighted by Crippen LogP contribution is -2.46. The standard InChI is InChI=1S/C21H35N5.HI/c1-18(16-25-12-7-4-8-13-25)15-23-21(22-2)24-19-11-14-26(17-19)20-9-5-3-6-10-20;/h3,5-6,9-10,18-19H,4,7-8,11-17H2,1-2H3,(H2,22,23,24);1H. The number of rotatable bonds is 6. The second-order valence-corrected chi connectivity index (χ2v) is 7.83. The summed E-state index contributed by atoms with van der Waals surface area (Å²) in [6.45, 7) is 9.18. The molecule has 6 heteroatoms. The third kappa shape index (κ3) is 7.14. The molecule has 2 unspecified atom stereocenters. The fourth-order valence-corrected chi connectivity index (χ4v) is 4.06. The third-order valence-electron chi connectivity index (χ3n) is 5.51. The number of benzene rings is 1. The lowest BCUT2D eigenvalue weighted by atomic mass is 10.1. The van der Waals surface area contributed by atoms with Crippen molar-refractivity contribution >= 4 is 35.6 Å². The second kappa shape index (κ2) is 11.7. The predicted molar refractivity (Wildman–Crippen MR) is 126 cm³/mol. The third-order valence-corrected chi connectivity index (χ3v) is 5.51. The summed E-state index contributed by atoms with van der Waals surface area (Å²) in [5, 5.41) is 7.14. The van der Waals surface area contributed by atoms with Gasteiger partial charge in [-0.15, -0.1) is 24.0 Å². The fourth-order valence-electron chi connectivity index (χ4n) is 4.06. The maximum Gasteiger partial charge on any atom is 0.191 e. The van der Waals surface area contributed by atoms with Gasteiger partial charge in [0.1, 0.15) is 0 Å². The van der Waals surface area contributed by atoms with E-state index in [2.05, 4.69) is 62.7 Å². The first kappa shape index (κ1) is 22.3. The van der Waals surface area contributed by atoms with Gasteiger partial charge in [0.05, 0.1) is 0 Å². The van der Waals surface area contributed by atoms with Crippen molar-refractivity contribution in [3.8, 4) is 0 Å². The van der Waals surface area contributed by atoms with Gasteiger partial charge < -0.3 is 20.4 Å². The first-order valence-corrected chi connectivity index (χ1v) is 10.2. The van der Waals surface area contributed by atoms with Crippen molar-refractivity contribution in [3.63, 3.8) is 0 Å². The van der Waals surface area contributed by atoms with Crippen LogP contribution in [0, 0.1) is 5.92 Å². The molecule has 0 spiro atoms. The van der Waals surface area contributed by atoms with Crippen LogP contribution in [0.4, 0.5) is 5.69 Å². The number of guanidine groups is 1. The van der Waals surface area contributed by atoms with Crippen molar-refractivity contribution in [2.45, 2.75) is 38.6 Å². The molecule has 0 aromatic heterocycles. The molecule has 2 heterocycles. The van der Waals surface area contributed by atoms with E-state index in [1.54, 1.807) is 0 Å². The largest absolute Gasteiger partial charge is 0.369 e. The highest BCUT2D eigenvalue weighted by Gasteiger charge is 2.23. The minimum atomic E-state index is 0. The Morgan fingerprint density at radius 1 is 1.15 bits per heavy atom. The molecule has 0 amide bonds. The minimum Gasteiger partial charge on any atom is -0.369 e. The van der Waals surface area contributed by atoms with Gasteiger partial charge in [0.25, 0.3) is 0 Å². The van der Waals surface area contributed by atoms with Crippen LogP contribution in [-0.2, 0) is 0 Å². The summed E-state index contributed by atoms with van der Waals surface area (Å²) in [6, 6.07) is 11.1. The molecule has 0 saturated carbocycles. The van der Waals surface area contributed by atoms with Gasteiger partial charge in [0, 0.05) is 45.0 Å². The van der Waals surface area contributed by atoms with Gasteiger partial charge in [-0.05, 0) is 50.4 Å². The van der Waals surface area contributed by atoms with Gasteiger partial charge in [-0.2, -0.15) is 0 Å². The molecule has 0 radical (unpaired) electrons. The molecule has 0 bridgehead atoms. The molecule has 1 aromatic rings. The molecular formula is C21H36IN5. The van der Waals surface area contributed by atoms with E-state index in [0.717, 1.165) is 32.0 Å². The highest BCUT2D eigenvalue weighted by Crippen LogP contribution is 2.19. The van der Waals surface area contributed by atoms with E-state index < -0.39 is 0 Å². The number of likely N-dealkylation sites (tertiary alicyclic amines) is 1. The zero-order valence-corrected chi connectivity index (χ0v) is 19.2. The number of para-hydroxylation sites is 1. The number of hydrogen-bond acceptors (Lipinski definition) is 3. The molecule has 2 saturated heterocycles. The molecule has 2 N–H and O–H groups in total. The summed E-state index contributed by atoms with van der Waals surface area (Å²) in [5.74, 6) is 1.58. The van der Waals surface area contributed by atoms with Gasteiger partial charge in [0.2, 0.25) is 0 Å². The van der Waals surface area contributed by atoms with Crippen molar-refractivity contribution in [3.05, 3.63) is 30.3 Å². The van der Waals surface area contributed by atoms with Crippen molar-refractivity contribution in [2.75, 3.05) is 51.2 Å². The Labute approximate surface area is 182 Å². The van der Waals surface area contributed by atoms with Crippen molar-refractivity contribution in [2.24, 2.45) is 10.9 Å². The molecule has 2 aliphatic heterocycles. The maximum atomic E-state index is 4.43. The van der Waals surface area contributed by atoms with E-state index in [0.29, 0.717) is 12.0 Å². The van der Waals surface area contributed by atoms with Gasteiger partial charge in [-0.3, -0.25) is 4.99 Å². The summed E-state index contributed by atoms with van der Waals surface area (Å²) < 4.78 is 0. The molecule has 3 rings (SSSR count). The normalized spacial score (nSPS) is 22.2. The molecular weight excluding hydrogens is 449 g/mol. The highest BCUT2D eigenvalue weighted by molar-refractivity contribution is 14.0. The Morgan fingerprint density at radius 3 is 2.59 bits per heavy atom. The summed E-state index contributed by atoms with van der Waals surface area (Å²) in [7, 11) is 1.87. The molecule has 0 aliphatic carbocycles. The SMILES string of the molecule is CN=C(NCC(C)CN1CCCCC1)NC1CCN(c2ccccc2)C1.I. The Balaban J connectivity index is 0.00000261. The molecule has 2 aliphatic rings. The number of piperidine rings is 1. The molecule has 1 aromatic carbocycles. The minimum absolute atomic E-state index is 0. The zero-order valence-electron chi connectivity index (χ0n) is 16.9. The lowest BCUT2D eigenvalue weighted by Gasteiger charge is -2.29. The van der Waals surface area contributed by atoms with Crippen LogP contribution in [0.3, 0.4) is 0 Å².